The maximum atomic E-state index is 5.40. The Hall–Kier alpha value is -1.26. The van der Waals surface area contributed by atoms with Gasteiger partial charge in [-0.25, -0.2) is 0 Å². The second-order valence-electron chi connectivity index (χ2n) is 4.08. The van der Waals surface area contributed by atoms with E-state index in [0.29, 0.717) is 6.04 Å². The molecule has 0 bridgehead atoms. The average molecular weight is 185 g/mol. The molecule has 0 heterocycles. The highest BCUT2D eigenvalue weighted by atomic mass is 15.1. The van der Waals surface area contributed by atoms with Crippen molar-refractivity contribution in [2.45, 2.75) is 18.9 Å². The molecule has 72 valence electrons. The summed E-state index contributed by atoms with van der Waals surface area (Å²) in [7, 11) is 4.25. The van der Waals surface area contributed by atoms with E-state index in [9.17, 15) is 0 Å². The van der Waals surface area contributed by atoms with Crippen molar-refractivity contribution in [3.05, 3.63) is 34.9 Å². The Morgan fingerprint density at radius 2 is 2.21 bits per heavy atom. The first-order chi connectivity index (χ1) is 6.72. The van der Waals surface area contributed by atoms with Crippen LogP contribution in [0.15, 0.2) is 18.2 Å². The lowest BCUT2D eigenvalue weighted by atomic mass is 10.0. The van der Waals surface area contributed by atoms with Crippen molar-refractivity contribution in [1.82, 2.24) is 4.90 Å². The Bertz CT molecular complexity index is 385. The van der Waals surface area contributed by atoms with Crippen molar-refractivity contribution in [2.75, 3.05) is 14.1 Å². The van der Waals surface area contributed by atoms with Crippen LogP contribution in [0.25, 0.3) is 0 Å². The predicted octanol–water partition coefficient (Wildman–Crippen LogP) is 2.22. The maximum Gasteiger partial charge on any atom is 0.0348 e. The van der Waals surface area contributed by atoms with E-state index in [1.165, 1.54) is 24.0 Å². The summed E-state index contributed by atoms with van der Waals surface area (Å²) in [6.07, 6.45) is 7.80. The highest BCUT2D eigenvalue weighted by Gasteiger charge is 2.23. The summed E-state index contributed by atoms with van der Waals surface area (Å²) in [5.41, 5.74) is 3.88. The van der Waals surface area contributed by atoms with Crippen molar-refractivity contribution < 1.29 is 0 Å². The maximum absolute atomic E-state index is 5.40. The van der Waals surface area contributed by atoms with Crippen LogP contribution in [0.5, 0.6) is 0 Å². The Morgan fingerprint density at radius 1 is 1.43 bits per heavy atom. The fourth-order valence-corrected chi connectivity index (χ4v) is 2.21. The van der Waals surface area contributed by atoms with Gasteiger partial charge in [-0.15, -0.1) is 6.42 Å². The van der Waals surface area contributed by atoms with E-state index in [1.807, 2.05) is 6.07 Å². The lowest BCUT2D eigenvalue weighted by Crippen LogP contribution is -2.17. The van der Waals surface area contributed by atoms with Crippen molar-refractivity contribution in [1.29, 1.82) is 0 Å². The van der Waals surface area contributed by atoms with Gasteiger partial charge in [-0.05, 0) is 50.2 Å². The summed E-state index contributed by atoms with van der Waals surface area (Å²) in [4.78, 5) is 2.27. The van der Waals surface area contributed by atoms with Crippen LogP contribution in [0.2, 0.25) is 0 Å². The van der Waals surface area contributed by atoms with E-state index in [0.717, 1.165) is 5.56 Å². The molecule has 0 radical (unpaired) electrons. The number of benzene rings is 1. The van der Waals surface area contributed by atoms with Crippen LogP contribution in [-0.2, 0) is 6.42 Å². The molecule has 1 nitrogen and oxygen atoms in total. The van der Waals surface area contributed by atoms with Crippen LogP contribution in [-0.4, -0.2) is 19.0 Å². The van der Waals surface area contributed by atoms with Crippen LogP contribution in [0.4, 0.5) is 0 Å². The van der Waals surface area contributed by atoms with Crippen LogP contribution >= 0.6 is 0 Å². The number of aryl methyl sites for hydroxylation is 1. The van der Waals surface area contributed by atoms with E-state index in [2.05, 4.69) is 37.0 Å². The summed E-state index contributed by atoms with van der Waals surface area (Å²) in [5.74, 6) is 2.70. The zero-order valence-corrected chi connectivity index (χ0v) is 8.75. The highest BCUT2D eigenvalue weighted by Crippen LogP contribution is 2.34. The molecule has 0 saturated heterocycles. The van der Waals surface area contributed by atoms with Crippen molar-refractivity contribution >= 4 is 0 Å². The molecule has 0 N–H and O–H groups in total. The van der Waals surface area contributed by atoms with Gasteiger partial charge in [0, 0.05) is 11.6 Å². The Labute approximate surface area is 85.7 Å². The van der Waals surface area contributed by atoms with Gasteiger partial charge in [0.25, 0.3) is 0 Å². The number of rotatable bonds is 1. The zero-order chi connectivity index (χ0) is 10.1. The van der Waals surface area contributed by atoms with Gasteiger partial charge in [0.05, 0.1) is 0 Å². The van der Waals surface area contributed by atoms with E-state index < -0.39 is 0 Å². The Kier molecular flexibility index (Phi) is 2.31. The standard InChI is InChI=1S/C13H15N/c1-4-10-5-6-11-7-8-13(14(2)3)12(11)9-10/h1,5-6,9,13H,7-8H2,2-3H3. The average Bonchev–Trinajstić information content (AvgIpc) is 2.59. The lowest BCUT2D eigenvalue weighted by molar-refractivity contribution is 0.299. The predicted molar refractivity (Wildman–Crippen MR) is 59.1 cm³/mol. The van der Waals surface area contributed by atoms with E-state index in [1.54, 1.807) is 0 Å². The molecule has 1 unspecified atom stereocenters. The Morgan fingerprint density at radius 3 is 2.86 bits per heavy atom. The van der Waals surface area contributed by atoms with Gasteiger partial charge in [-0.3, -0.25) is 0 Å². The molecule has 0 fully saturated rings. The summed E-state index contributed by atoms with van der Waals surface area (Å²) in [6, 6.07) is 6.93. The molecule has 1 aliphatic carbocycles. The van der Waals surface area contributed by atoms with Gasteiger partial charge < -0.3 is 4.90 Å². The molecule has 1 aromatic carbocycles. The number of hydrogen-bond acceptors (Lipinski definition) is 1. The van der Waals surface area contributed by atoms with Crippen LogP contribution in [0.1, 0.15) is 29.2 Å². The fourth-order valence-electron chi connectivity index (χ4n) is 2.21. The number of hydrogen-bond donors (Lipinski definition) is 0. The van der Waals surface area contributed by atoms with Crippen molar-refractivity contribution in [3.8, 4) is 12.3 Å². The minimum absolute atomic E-state index is 0.554. The third-order valence-corrected chi connectivity index (χ3v) is 2.98. The summed E-state index contributed by atoms with van der Waals surface area (Å²) >= 11 is 0. The van der Waals surface area contributed by atoms with Crippen molar-refractivity contribution in [2.24, 2.45) is 0 Å². The largest absolute Gasteiger partial charge is 0.302 e. The first-order valence-electron chi connectivity index (χ1n) is 4.98. The van der Waals surface area contributed by atoms with E-state index in [4.69, 9.17) is 6.42 Å². The monoisotopic (exact) mass is 185 g/mol. The van der Waals surface area contributed by atoms with Gasteiger partial charge in [0.15, 0.2) is 0 Å². The zero-order valence-electron chi connectivity index (χ0n) is 8.75. The quantitative estimate of drug-likeness (QED) is 0.606. The van der Waals surface area contributed by atoms with Gasteiger partial charge in [-0.1, -0.05) is 12.0 Å². The van der Waals surface area contributed by atoms with Crippen LogP contribution in [0.3, 0.4) is 0 Å². The van der Waals surface area contributed by atoms with Crippen molar-refractivity contribution in [3.63, 3.8) is 0 Å². The third kappa shape index (κ3) is 1.42. The molecule has 0 saturated carbocycles. The van der Waals surface area contributed by atoms with E-state index >= 15 is 0 Å². The first-order valence-corrected chi connectivity index (χ1v) is 4.98. The highest BCUT2D eigenvalue weighted by molar-refractivity contribution is 5.43. The first kappa shape index (κ1) is 9.30. The molecule has 2 rings (SSSR count). The molecular formula is C13H15N. The number of nitrogens with zero attached hydrogens (tertiary/aromatic N) is 1. The molecule has 1 heteroatoms. The molecule has 14 heavy (non-hydrogen) atoms. The van der Waals surface area contributed by atoms with Gasteiger partial charge in [0.1, 0.15) is 0 Å². The fraction of sp³-hybridized carbons (Fsp3) is 0.385. The van der Waals surface area contributed by atoms with E-state index in [-0.39, 0.29) is 0 Å². The summed E-state index contributed by atoms with van der Waals surface area (Å²) < 4.78 is 0. The molecular weight excluding hydrogens is 170 g/mol. The van der Waals surface area contributed by atoms with Gasteiger partial charge in [0.2, 0.25) is 0 Å². The van der Waals surface area contributed by atoms with Gasteiger partial charge >= 0.3 is 0 Å². The second kappa shape index (κ2) is 3.48. The summed E-state index contributed by atoms with van der Waals surface area (Å²) in [6.45, 7) is 0. The molecule has 0 spiro atoms. The minimum Gasteiger partial charge on any atom is -0.302 e. The SMILES string of the molecule is C#Cc1ccc2c(c1)C(N(C)C)CC2. The third-order valence-electron chi connectivity index (χ3n) is 2.98. The smallest absolute Gasteiger partial charge is 0.0348 e. The molecule has 0 aliphatic heterocycles. The summed E-state index contributed by atoms with van der Waals surface area (Å²) in [5, 5.41) is 0. The molecule has 1 atom stereocenters. The molecule has 0 amide bonds. The molecule has 1 aliphatic rings. The topological polar surface area (TPSA) is 3.24 Å². The molecule has 1 aromatic rings. The van der Waals surface area contributed by atoms with Crippen LogP contribution < -0.4 is 0 Å². The Balaban J connectivity index is 2.43. The second-order valence-corrected chi connectivity index (χ2v) is 4.08. The number of terminal acetylenes is 1. The minimum atomic E-state index is 0.554. The molecule has 0 aromatic heterocycles. The number of fused-ring (bicyclic) bond motifs is 1. The normalized spacial score (nSPS) is 19.4. The lowest BCUT2D eigenvalue weighted by Gasteiger charge is -2.20. The van der Waals surface area contributed by atoms with Gasteiger partial charge in [-0.2, -0.15) is 0 Å². The van der Waals surface area contributed by atoms with Crippen LogP contribution in [0, 0.1) is 12.3 Å².